The third-order valence-corrected chi connectivity index (χ3v) is 2.47. The van der Waals surface area contributed by atoms with E-state index >= 15 is 0 Å². The van der Waals surface area contributed by atoms with Crippen molar-refractivity contribution in [2.45, 2.75) is 6.43 Å². The largest absolute Gasteiger partial charge is 0.464 e. The van der Waals surface area contributed by atoms with Gasteiger partial charge in [-0.1, -0.05) is 0 Å². The fourth-order valence-corrected chi connectivity index (χ4v) is 1.65. The maximum atomic E-state index is 13.1. The van der Waals surface area contributed by atoms with Gasteiger partial charge in [0.15, 0.2) is 5.69 Å². The van der Waals surface area contributed by atoms with E-state index in [-0.39, 0.29) is 9.26 Å². The quantitative estimate of drug-likeness (QED) is 0.475. The Labute approximate surface area is 96.8 Å². The van der Waals surface area contributed by atoms with Crippen LogP contribution in [0.1, 0.15) is 22.5 Å². The monoisotopic (exact) mass is 331 g/mol. The average molecular weight is 331 g/mol. The standard InChI is InChI=1S/C8H5F3INO2/c1-15-8(14)4-2-3(12)5(6(9)10)7(11)13-4/h2,6H,1H3. The molecule has 0 aliphatic heterocycles. The first-order valence-corrected chi connectivity index (χ1v) is 4.77. The van der Waals surface area contributed by atoms with Crippen molar-refractivity contribution in [3.05, 3.63) is 26.8 Å². The van der Waals surface area contributed by atoms with Crippen molar-refractivity contribution in [3.63, 3.8) is 0 Å². The van der Waals surface area contributed by atoms with Gasteiger partial charge in [0.25, 0.3) is 6.43 Å². The maximum absolute atomic E-state index is 13.1. The molecule has 0 aliphatic carbocycles. The number of hydrogen-bond acceptors (Lipinski definition) is 3. The number of alkyl halides is 2. The molecule has 1 aromatic heterocycles. The zero-order chi connectivity index (χ0) is 11.6. The molecule has 0 aliphatic rings. The van der Waals surface area contributed by atoms with Crippen LogP contribution in [0.15, 0.2) is 6.07 Å². The summed E-state index contributed by atoms with van der Waals surface area (Å²) in [7, 11) is 1.09. The van der Waals surface area contributed by atoms with Crippen LogP contribution in [-0.4, -0.2) is 18.1 Å². The molecule has 0 atom stereocenters. The van der Waals surface area contributed by atoms with Gasteiger partial charge in [-0.25, -0.2) is 18.6 Å². The van der Waals surface area contributed by atoms with Crippen LogP contribution in [0.3, 0.4) is 0 Å². The Morgan fingerprint density at radius 3 is 2.60 bits per heavy atom. The summed E-state index contributed by atoms with van der Waals surface area (Å²) >= 11 is 1.51. The number of carbonyl (C=O) groups excluding carboxylic acids is 1. The van der Waals surface area contributed by atoms with E-state index < -0.39 is 23.9 Å². The Morgan fingerprint density at radius 2 is 2.20 bits per heavy atom. The first-order chi connectivity index (χ1) is 6.97. The topological polar surface area (TPSA) is 39.2 Å². The van der Waals surface area contributed by atoms with E-state index in [1.54, 1.807) is 0 Å². The molecule has 1 rings (SSSR count). The van der Waals surface area contributed by atoms with Gasteiger partial charge in [-0.2, -0.15) is 4.39 Å². The average Bonchev–Trinajstić information content (AvgIpc) is 2.14. The lowest BCUT2D eigenvalue weighted by atomic mass is 10.2. The third kappa shape index (κ3) is 2.58. The Balaban J connectivity index is 3.25. The molecule has 3 nitrogen and oxygen atoms in total. The van der Waals surface area contributed by atoms with Crippen LogP contribution >= 0.6 is 22.6 Å². The number of ether oxygens (including phenoxy) is 1. The minimum atomic E-state index is -2.96. The van der Waals surface area contributed by atoms with E-state index in [9.17, 15) is 18.0 Å². The van der Waals surface area contributed by atoms with Gasteiger partial charge < -0.3 is 4.74 Å². The summed E-state index contributed by atoms with van der Waals surface area (Å²) in [4.78, 5) is 14.1. The second-order valence-corrected chi connectivity index (χ2v) is 3.65. The Bertz CT molecular complexity index is 374. The smallest absolute Gasteiger partial charge is 0.356 e. The first-order valence-electron chi connectivity index (χ1n) is 3.69. The molecular formula is C8H5F3INO2. The Hall–Kier alpha value is -0.860. The van der Waals surface area contributed by atoms with Crippen LogP contribution in [0, 0.1) is 9.52 Å². The van der Waals surface area contributed by atoms with Gasteiger partial charge in [0.2, 0.25) is 5.95 Å². The van der Waals surface area contributed by atoms with Crippen LogP contribution in [-0.2, 0) is 4.74 Å². The predicted octanol–water partition coefficient (Wildman–Crippen LogP) is 2.55. The fourth-order valence-electron chi connectivity index (χ4n) is 0.898. The van der Waals surface area contributed by atoms with Crippen molar-refractivity contribution in [1.29, 1.82) is 0 Å². The van der Waals surface area contributed by atoms with Gasteiger partial charge in [0.05, 0.1) is 12.7 Å². The molecule has 0 unspecified atom stereocenters. The molecule has 0 saturated heterocycles. The second-order valence-electron chi connectivity index (χ2n) is 2.49. The van der Waals surface area contributed by atoms with Gasteiger partial charge in [-0.3, -0.25) is 0 Å². The second kappa shape index (κ2) is 4.77. The van der Waals surface area contributed by atoms with Gasteiger partial charge in [-0.05, 0) is 28.7 Å². The van der Waals surface area contributed by atoms with Crippen LogP contribution in [0.5, 0.6) is 0 Å². The number of rotatable bonds is 2. The lowest BCUT2D eigenvalue weighted by Crippen LogP contribution is -2.09. The van der Waals surface area contributed by atoms with Crippen LogP contribution < -0.4 is 0 Å². The molecule has 7 heteroatoms. The normalized spacial score (nSPS) is 10.5. The summed E-state index contributed by atoms with van der Waals surface area (Å²) in [5, 5.41) is 0. The number of hydrogen-bond donors (Lipinski definition) is 0. The van der Waals surface area contributed by atoms with Crippen molar-refractivity contribution < 1.29 is 22.7 Å². The third-order valence-electron chi connectivity index (χ3n) is 1.57. The molecule has 0 N–H and O–H groups in total. The summed E-state index contributed by atoms with van der Waals surface area (Å²) < 4.78 is 41.9. The van der Waals surface area contributed by atoms with Gasteiger partial charge in [-0.15, -0.1) is 0 Å². The van der Waals surface area contributed by atoms with Crippen molar-refractivity contribution in [1.82, 2.24) is 4.98 Å². The molecule has 1 aromatic rings. The Kier molecular flexibility index (Phi) is 3.89. The molecule has 0 amide bonds. The SMILES string of the molecule is COC(=O)c1cc(I)c(C(F)F)c(F)n1. The van der Waals surface area contributed by atoms with E-state index in [4.69, 9.17) is 0 Å². The summed E-state index contributed by atoms with van der Waals surface area (Å²) in [6.45, 7) is 0. The highest BCUT2D eigenvalue weighted by Crippen LogP contribution is 2.26. The summed E-state index contributed by atoms with van der Waals surface area (Å²) in [5.74, 6) is -2.22. The number of nitrogens with zero attached hydrogens (tertiary/aromatic N) is 1. The molecule has 0 spiro atoms. The van der Waals surface area contributed by atoms with Gasteiger partial charge in [0, 0.05) is 3.57 Å². The molecule has 0 aromatic carbocycles. The minimum Gasteiger partial charge on any atom is -0.464 e. The minimum absolute atomic E-state index is 0.0597. The number of esters is 1. The molecule has 0 bridgehead atoms. The van der Waals surface area contributed by atoms with Crippen LogP contribution in [0.2, 0.25) is 0 Å². The molecular weight excluding hydrogens is 326 g/mol. The van der Waals surface area contributed by atoms with Crippen molar-refractivity contribution in [2.24, 2.45) is 0 Å². The number of carbonyl (C=O) groups is 1. The van der Waals surface area contributed by atoms with Gasteiger partial charge in [0.1, 0.15) is 0 Å². The zero-order valence-corrected chi connectivity index (χ0v) is 9.59. The van der Waals surface area contributed by atoms with Gasteiger partial charge >= 0.3 is 5.97 Å². The van der Waals surface area contributed by atoms with E-state index in [0.717, 1.165) is 13.2 Å². The highest BCUT2D eigenvalue weighted by molar-refractivity contribution is 14.1. The summed E-state index contributed by atoms with van der Waals surface area (Å²) in [6.07, 6.45) is -2.96. The molecule has 0 radical (unpaired) electrons. The number of halogens is 4. The first kappa shape index (κ1) is 12.2. The molecule has 0 saturated carbocycles. The van der Waals surface area contributed by atoms with E-state index in [2.05, 4.69) is 9.72 Å². The van der Waals surface area contributed by atoms with Crippen LogP contribution in [0.4, 0.5) is 13.2 Å². The van der Waals surface area contributed by atoms with E-state index in [1.165, 1.54) is 22.6 Å². The van der Waals surface area contributed by atoms with Crippen molar-refractivity contribution >= 4 is 28.6 Å². The number of aromatic nitrogens is 1. The summed E-state index contributed by atoms with van der Waals surface area (Å²) in [5.41, 5.74) is -1.13. The van der Waals surface area contributed by atoms with Crippen LogP contribution in [0.25, 0.3) is 0 Å². The highest BCUT2D eigenvalue weighted by Gasteiger charge is 2.21. The Morgan fingerprint density at radius 1 is 1.60 bits per heavy atom. The van der Waals surface area contributed by atoms with E-state index in [0.29, 0.717) is 0 Å². The zero-order valence-electron chi connectivity index (χ0n) is 7.43. The van der Waals surface area contributed by atoms with Crippen molar-refractivity contribution in [3.8, 4) is 0 Å². The number of pyridine rings is 1. The molecule has 0 fully saturated rings. The lowest BCUT2D eigenvalue weighted by molar-refractivity contribution is 0.0591. The molecule has 15 heavy (non-hydrogen) atoms. The maximum Gasteiger partial charge on any atom is 0.356 e. The van der Waals surface area contributed by atoms with Crippen molar-refractivity contribution in [2.75, 3.05) is 7.11 Å². The lowest BCUT2D eigenvalue weighted by Gasteiger charge is -2.06. The molecule has 1 heterocycles. The predicted molar refractivity (Wildman–Crippen MR) is 53.2 cm³/mol. The number of methoxy groups -OCH3 is 1. The van der Waals surface area contributed by atoms with E-state index in [1.807, 2.05) is 0 Å². The highest BCUT2D eigenvalue weighted by atomic mass is 127. The fraction of sp³-hybridized carbons (Fsp3) is 0.250. The summed E-state index contributed by atoms with van der Waals surface area (Å²) in [6, 6.07) is 1.05. The molecule has 82 valence electrons.